The first kappa shape index (κ1) is 9.17. The van der Waals surface area contributed by atoms with Crippen molar-refractivity contribution < 1.29 is 14.6 Å². The molecule has 0 bridgehead atoms. The van der Waals surface area contributed by atoms with Crippen molar-refractivity contribution in [1.82, 2.24) is 0 Å². The van der Waals surface area contributed by atoms with Gasteiger partial charge in [0.15, 0.2) is 0 Å². The molecule has 0 aliphatic rings. The van der Waals surface area contributed by atoms with Crippen molar-refractivity contribution in [3.05, 3.63) is 12.2 Å². The van der Waals surface area contributed by atoms with Crippen molar-refractivity contribution in [1.29, 1.82) is 0 Å². The van der Waals surface area contributed by atoms with Crippen LogP contribution in [0.25, 0.3) is 0 Å². The Morgan fingerprint density at radius 2 is 2.20 bits per heavy atom. The first-order chi connectivity index (χ1) is 4.68. The monoisotopic (exact) mass is 144 g/mol. The number of carbonyl (C=O) groups is 1. The van der Waals surface area contributed by atoms with Crippen LogP contribution in [0.15, 0.2) is 12.2 Å². The maximum atomic E-state index is 10.6. The smallest absolute Gasteiger partial charge is 0.293 e. The van der Waals surface area contributed by atoms with Crippen LogP contribution >= 0.6 is 0 Å². The van der Waals surface area contributed by atoms with Crippen LogP contribution < -0.4 is 0 Å². The Morgan fingerprint density at radius 1 is 1.60 bits per heavy atom. The second kappa shape index (κ2) is 4.99. The van der Waals surface area contributed by atoms with Crippen molar-refractivity contribution in [3.8, 4) is 0 Å². The van der Waals surface area contributed by atoms with Gasteiger partial charge in [-0.1, -0.05) is 13.5 Å². The summed E-state index contributed by atoms with van der Waals surface area (Å²) in [7, 11) is 0. The minimum absolute atomic E-state index is 0.344. The summed E-state index contributed by atoms with van der Waals surface area (Å²) in [6, 6.07) is 0. The Bertz CT molecular complexity index is 129. The van der Waals surface area contributed by atoms with Crippen LogP contribution in [0.2, 0.25) is 0 Å². The van der Waals surface area contributed by atoms with Gasteiger partial charge in [0.05, 0.1) is 6.61 Å². The summed E-state index contributed by atoms with van der Waals surface area (Å²) in [6.07, 6.45) is 0.823. The predicted octanol–water partition coefficient (Wildman–Crippen LogP) is 1.45. The van der Waals surface area contributed by atoms with E-state index >= 15 is 0 Å². The topological polar surface area (TPSA) is 35.5 Å². The van der Waals surface area contributed by atoms with Crippen molar-refractivity contribution in [2.75, 3.05) is 6.61 Å². The quantitative estimate of drug-likeness (QED) is 0.259. The van der Waals surface area contributed by atoms with Crippen LogP contribution in [0.5, 0.6) is 0 Å². The number of carbonyl (C=O) groups excluding carboxylic acids is 1. The van der Waals surface area contributed by atoms with E-state index in [1.807, 2.05) is 6.92 Å². The van der Waals surface area contributed by atoms with Gasteiger partial charge < -0.3 is 0 Å². The number of hydrogen-bond acceptors (Lipinski definition) is 3. The van der Waals surface area contributed by atoms with E-state index in [1.54, 1.807) is 6.92 Å². The molecule has 0 fully saturated rings. The fourth-order valence-electron chi connectivity index (χ4n) is 0.250. The third-order valence-electron chi connectivity index (χ3n) is 0.771. The number of hydrogen-bond donors (Lipinski definition) is 0. The minimum Gasteiger partial charge on any atom is -0.293 e. The zero-order valence-electron chi connectivity index (χ0n) is 6.35. The van der Waals surface area contributed by atoms with Gasteiger partial charge in [-0.2, -0.15) is 4.89 Å². The average molecular weight is 144 g/mol. The minimum atomic E-state index is -0.506. The fourth-order valence-corrected chi connectivity index (χ4v) is 0.250. The molecule has 0 saturated heterocycles. The van der Waals surface area contributed by atoms with Crippen molar-refractivity contribution in [2.24, 2.45) is 0 Å². The Hall–Kier alpha value is -0.830. The lowest BCUT2D eigenvalue weighted by molar-refractivity contribution is -0.268. The average Bonchev–Trinajstić information content (AvgIpc) is 1.88. The number of rotatable bonds is 4. The molecule has 0 aliphatic heterocycles. The molecular weight excluding hydrogens is 132 g/mol. The van der Waals surface area contributed by atoms with Crippen molar-refractivity contribution >= 4 is 5.97 Å². The van der Waals surface area contributed by atoms with Crippen molar-refractivity contribution in [2.45, 2.75) is 20.3 Å². The zero-order chi connectivity index (χ0) is 7.98. The second-order valence-electron chi connectivity index (χ2n) is 1.97. The van der Waals surface area contributed by atoms with E-state index in [9.17, 15) is 4.79 Å². The molecule has 0 atom stereocenters. The van der Waals surface area contributed by atoms with Crippen molar-refractivity contribution in [3.63, 3.8) is 0 Å². The van der Waals surface area contributed by atoms with Crippen LogP contribution in [0.1, 0.15) is 20.3 Å². The molecule has 0 aliphatic carbocycles. The third-order valence-corrected chi connectivity index (χ3v) is 0.771. The van der Waals surface area contributed by atoms with Crippen LogP contribution in [0.3, 0.4) is 0 Å². The van der Waals surface area contributed by atoms with Gasteiger partial charge in [0, 0.05) is 5.57 Å². The summed E-state index contributed by atoms with van der Waals surface area (Å²) in [5, 5.41) is 0. The van der Waals surface area contributed by atoms with Gasteiger partial charge in [-0.25, -0.2) is 4.79 Å². The summed E-state index contributed by atoms with van der Waals surface area (Å²) >= 11 is 0. The third kappa shape index (κ3) is 4.09. The molecule has 0 aromatic rings. The van der Waals surface area contributed by atoms with Gasteiger partial charge in [0.2, 0.25) is 0 Å². The molecule has 0 heterocycles. The standard InChI is InChI=1S/C7H12O3/c1-4-5-9-10-7(8)6(2)3/h2,4-5H2,1,3H3. The van der Waals surface area contributed by atoms with Gasteiger partial charge in [0.25, 0.3) is 0 Å². The summed E-state index contributed by atoms with van der Waals surface area (Å²) in [6.45, 7) is 7.30. The summed E-state index contributed by atoms with van der Waals surface area (Å²) < 4.78 is 0. The van der Waals surface area contributed by atoms with Crippen LogP contribution in [0.4, 0.5) is 0 Å². The molecule has 0 rings (SSSR count). The van der Waals surface area contributed by atoms with E-state index in [2.05, 4.69) is 16.4 Å². The maximum Gasteiger partial charge on any atom is 0.368 e. The molecule has 0 radical (unpaired) electrons. The fraction of sp³-hybridized carbons (Fsp3) is 0.571. The highest BCUT2D eigenvalue weighted by molar-refractivity contribution is 5.86. The van der Waals surface area contributed by atoms with E-state index < -0.39 is 5.97 Å². The van der Waals surface area contributed by atoms with Crippen LogP contribution in [0, 0.1) is 0 Å². The highest BCUT2D eigenvalue weighted by Gasteiger charge is 2.02. The molecule has 0 unspecified atom stereocenters. The molecule has 58 valence electrons. The second-order valence-corrected chi connectivity index (χ2v) is 1.97. The molecule has 0 N–H and O–H groups in total. The molecule has 0 aromatic heterocycles. The molecular formula is C7H12O3. The van der Waals surface area contributed by atoms with Gasteiger partial charge in [-0.3, -0.25) is 4.89 Å². The lowest BCUT2D eigenvalue weighted by Crippen LogP contribution is -2.06. The Labute approximate surface area is 60.6 Å². The van der Waals surface area contributed by atoms with Gasteiger partial charge in [-0.15, -0.1) is 0 Å². The highest BCUT2D eigenvalue weighted by atomic mass is 17.2. The largest absolute Gasteiger partial charge is 0.368 e. The molecule has 0 amide bonds. The first-order valence-corrected chi connectivity index (χ1v) is 3.17. The Morgan fingerprint density at radius 3 is 2.60 bits per heavy atom. The molecule has 0 spiro atoms. The molecule has 0 saturated carbocycles. The normalized spacial score (nSPS) is 9.00. The molecule has 3 heteroatoms. The summed E-state index contributed by atoms with van der Waals surface area (Å²) in [5.74, 6) is -0.506. The summed E-state index contributed by atoms with van der Waals surface area (Å²) in [4.78, 5) is 19.4. The lowest BCUT2D eigenvalue weighted by Gasteiger charge is -1.99. The van der Waals surface area contributed by atoms with Gasteiger partial charge >= 0.3 is 5.97 Å². The van der Waals surface area contributed by atoms with E-state index in [1.165, 1.54) is 0 Å². The van der Waals surface area contributed by atoms with E-state index in [4.69, 9.17) is 0 Å². The van der Waals surface area contributed by atoms with Gasteiger partial charge in [0.1, 0.15) is 0 Å². The molecule has 3 nitrogen and oxygen atoms in total. The van der Waals surface area contributed by atoms with E-state index in [0.717, 1.165) is 6.42 Å². The predicted molar refractivity (Wildman–Crippen MR) is 37.1 cm³/mol. The highest BCUT2D eigenvalue weighted by Crippen LogP contribution is 1.92. The zero-order valence-corrected chi connectivity index (χ0v) is 6.35. The van der Waals surface area contributed by atoms with E-state index in [-0.39, 0.29) is 0 Å². The maximum absolute atomic E-state index is 10.6. The molecule has 0 aromatic carbocycles. The summed E-state index contributed by atoms with van der Waals surface area (Å²) in [5.41, 5.74) is 0.344. The van der Waals surface area contributed by atoms with Crippen LogP contribution in [-0.4, -0.2) is 12.6 Å². The van der Waals surface area contributed by atoms with Gasteiger partial charge in [-0.05, 0) is 13.3 Å². The van der Waals surface area contributed by atoms with E-state index in [0.29, 0.717) is 12.2 Å². The Kier molecular flexibility index (Phi) is 4.58. The first-order valence-electron chi connectivity index (χ1n) is 3.17. The Balaban J connectivity index is 3.31. The molecule has 10 heavy (non-hydrogen) atoms. The lowest BCUT2D eigenvalue weighted by atomic mass is 10.4. The van der Waals surface area contributed by atoms with Crippen LogP contribution in [-0.2, 0) is 14.6 Å². The SMILES string of the molecule is C=C(C)C(=O)OOCCC.